The van der Waals surface area contributed by atoms with Gasteiger partial charge in [0.15, 0.2) is 0 Å². The highest BCUT2D eigenvalue weighted by Gasteiger charge is 2.22. The van der Waals surface area contributed by atoms with Crippen LogP contribution in [0.15, 0.2) is 18.2 Å². The number of carbonyl (C=O) groups excluding carboxylic acids is 1. The molecule has 0 atom stereocenters. The number of aromatic hydroxyl groups is 1. The quantitative estimate of drug-likeness (QED) is 0.829. The van der Waals surface area contributed by atoms with Crippen molar-refractivity contribution in [1.82, 2.24) is 5.32 Å². The number of amides is 1. The summed E-state index contributed by atoms with van der Waals surface area (Å²) in [6.45, 7) is 0.695. The Morgan fingerprint density at radius 1 is 1.53 bits per heavy atom. The Balaban J connectivity index is 2.03. The van der Waals surface area contributed by atoms with Crippen molar-refractivity contribution in [2.45, 2.75) is 12.8 Å². The molecule has 1 fully saturated rings. The van der Waals surface area contributed by atoms with Crippen molar-refractivity contribution in [2.24, 2.45) is 5.92 Å². The third-order valence-electron chi connectivity index (χ3n) is 2.45. The van der Waals surface area contributed by atoms with Gasteiger partial charge in [-0.05, 0) is 37.0 Å². The molecule has 0 radical (unpaired) electrons. The van der Waals surface area contributed by atoms with Crippen molar-refractivity contribution < 1.29 is 9.90 Å². The van der Waals surface area contributed by atoms with E-state index < -0.39 is 0 Å². The summed E-state index contributed by atoms with van der Waals surface area (Å²) in [6.07, 6.45) is 2.37. The summed E-state index contributed by atoms with van der Waals surface area (Å²) < 4.78 is 0. The lowest BCUT2D eigenvalue weighted by molar-refractivity contribution is 0.0949. The molecule has 0 saturated heterocycles. The predicted octanol–water partition coefficient (Wildman–Crippen LogP) is 2.19. The number of carbonyl (C=O) groups is 1. The topological polar surface area (TPSA) is 49.3 Å². The van der Waals surface area contributed by atoms with Crippen LogP contribution in [0.4, 0.5) is 0 Å². The molecule has 2 rings (SSSR count). The zero-order chi connectivity index (χ0) is 10.8. The zero-order valence-electron chi connectivity index (χ0n) is 8.16. The van der Waals surface area contributed by atoms with Crippen LogP contribution in [0.3, 0.4) is 0 Å². The molecule has 1 amide bonds. The number of rotatable bonds is 3. The van der Waals surface area contributed by atoms with Crippen LogP contribution in [0.1, 0.15) is 23.2 Å². The van der Waals surface area contributed by atoms with E-state index in [1.165, 1.54) is 25.0 Å². The lowest BCUT2D eigenvalue weighted by atomic mass is 10.2. The average Bonchev–Trinajstić information content (AvgIpc) is 2.97. The van der Waals surface area contributed by atoms with E-state index in [4.69, 9.17) is 11.6 Å². The number of nitrogens with one attached hydrogen (secondary N) is 1. The maximum atomic E-state index is 11.6. The van der Waals surface area contributed by atoms with E-state index in [0.29, 0.717) is 17.5 Å². The van der Waals surface area contributed by atoms with Crippen LogP contribution < -0.4 is 5.32 Å². The molecule has 1 aromatic carbocycles. The number of halogens is 1. The molecule has 0 heterocycles. The summed E-state index contributed by atoms with van der Waals surface area (Å²) in [7, 11) is 0. The van der Waals surface area contributed by atoms with Gasteiger partial charge in [0.1, 0.15) is 5.75 Å². The first-order chi connectivity index (χ1) is 7.16. The Labute approximate surface area is 93.1 Å². The summed E-state index contributed by atoms with van der Waals surface area (Å²) in [5.41, 5.74) is 0.278. The minimum Gasteiger partial charge on any atom is -0.507 e. The molecule has 1 aliphatic carbocycles. The Hall–Kier alpha value is -1.22. The minimum absolute atomic E-state index is 0.0733. The molecule has 1 saturated carbocycles. The molecule has 0 aromatic heterocycles. The van der Waals surface area contributed by atoms with Crippen LogP contribution in [0, 0.1) is 5.92 Å². The van der Waals surface area contributed by atoms with Gasteiger partial charge < -0.3 is 10.4 Å². The van der Waals surface area contributed by atoms with Crippen molar-refractivity contribution in [3.63, 3.8) is 0 Å². The van der Waals surface area contributed by atoms with Crippen molar-refractivity contribution >= 4 is 17.5 Å². The number of phenols is 1. The van der Waals surface area contributed by atoms with Gasteiger partial charge in [-0.1, -0.05) is 11.6 Å². The highest BCUT2D eigenvalue weighted by Crippen LogP contribution is 2.28. The largest absolute Gasteiger partial charge is 0.507 e. The second-order valence-electron chi connectivity index (χ2n) is 3.81. The SMILES string of the molecule is O=C(NCC1CC1)c1ccc(Cl)cc1O. The summed E-state index contributed by atoms with van der Waals surface area (Å²) in [5, 5.41) is 12.7. The smallest absolute Gasteiger partial charge is 0.255 e. The molecule has 1 aliphatic rings. The summed E-state index contributed by atoms with van der Waals surface area (Å²) in [5.74, 6) is 0.315. The van der Waals surface area contributed by atoms with E-state index in [0.717, 1.165) is 0 Å². The highest BCUT2D eigenvalue weighted by molar-refractivity contribution is 6.30. The van der Waals surface area contributed by atoms with Crippen LogP contribution in [-0.2, 0) is 0 Å². The fourth-order valence-electron chi connectivity index (χ4n) is 1.35. The molecular formula is C11H12ClNO2. The molecule has 0 unspecified atom stereocenters. The van der Waals surface area contributed by atoms with Gasteiger partial charge in [-0.15, -0.1) is 0 Å². The number of hydrogen-bond acceptors (Lipinski definition) is 2. The molecule has 80 valence electrons. The third-order valence-corrected chi connectivity index (χ3v) is 2.69. The van der Waals surface area contributed by atoms with Gasteiger partial charge in [0.25, 0.3) is 5.91 Å². The standard InChI is InChI=1S/C11H12ClNO2/c12-8-3-4-9(10(14)5-8)11(15)13-6-7-1-2-7/h3-5,7,14H,1-2,6H2,(H,13,15). The van der Waals surface area contributed by atoms with E-state index in [1.807, 2.05) is 0 Å². The number of hydrogen-bond donors (Lipinski definition) is 2. The molecular weight excluding hydrogens is 214 g/mol. The lowest BCUT2D eigenvalue weighted by Crippen LogP contribution is -2.25. The zero-order valence-corrected chi connectivity index (χ0v) is 8.92. The van der Waals surface area contributed by atoms with Crippen LogP contribution in [0.25, 0.3) is 0 Å². The van der Waals surface area contributed by atoms with Crippen molar-refractivity contribution in [2.75, 3.05) is 6.54 Å². The van der Waals surface area contributed by atoms with E-state index in [1.54, 1.807) is 6.07 Å². The minimum atomic E-state index is -0.240. The molecule has 2 N–H and O–H groups in total. The summed E-state index contributed by atoms with van der Waals surface area (Å²) in [4.78, 5) is 11.6. The highest BCUT2D eigenvalue weighted by atomic mass is 35.5. The molecule has 0 aliphatic heterocycles. The fourth-order valence-corrected chi connectivity index (χ4v) is 1.52. The summed E-state index contributed by atoms with van der Waals surface area (Å²) >= 11 is 5.67. The second-order valence-corrected chi connectivity index (χ2v) is 4.25. The van der Waals surface area contributed by atoms with Gasteiger partial charge in [-0.25, -0.2) is 0 Å². The van der Waals surface area contributed by atoms with Gasteiger partial charge in [0.05, 0.1) is 5.56 Å². The van der Waals surface area contributed by atoms with E-state index in [-0.39, 0.29) is 17.2 Å². The Kier molecular flexibility index (Phi) is 2.82. The maximum Gasteiger partial charge on any atom is 0.255 e. The molecule has 0 spiro atoms. The second kappa shape index (κ2) is 4.11. The van der Waals surface area contributed by atoms with E-state index >= 15 is 0 Å². The van der Waals surface area contributed by atoms with Gasteiger partial charge in [-0.2, -0.15) is 0 Å². The first kappa shape index (κ1) is 10.3. The predicted molar refractivity (Wildman–Crippen MR) is 58.2 cm³/mol. The normalized spacial score (nSPS) is 15.0. The van der Waals surface area contributed by atoms with Gasteiger partial charge in [-0.3, -0.25) is 4.79 Å². The van der Waals surface area contributed by atoms with E-state index in [9.17, 15) is 9.90 Å². The Morgan fingerprint density at radius 2 is 2.27 bits per heavy atom. The molecule has 1 aromatic rings. The summed E-state index contributed by atoms with van der Waals surface area (Å²) in [6, 6.07) is 4.49. The van der Waals surface area contributed by atoms with E-state index in [2.05, 4.69) is 5.32 Å². The van der Waals surface area contributed by atoms with Crippen molar-refractivity contribution in [3.05, 3.63) is 28.8 Å². The molecule has 4 heteroatoms. The molecule has 3 nitrogen and oxygen atoms in total. The number of phenolic OH excluding ortho intramolecular Hbond substituents is 1. The Bertz CT molecular complexity index is 388. The van der Waals surface area contributed by atoms with Crippen LogP contribution in [-0.4, -0.2) is 17.6 Å². The average molecular weight is 226 g/mol. The van der Waals surface area contributed by atoms with Crippen LogP contribution in [0.5, 0.6) is 5.75 Å². The van der Waals surface area contributed by atoms with Gasteiger partial charge in [0, 0.05) is 11.6 Å². The van der Waals surface area contributed by atoms with Gasteiger partial charge in [0.2, 0.25) is 0 Å². The molecule has 15 heavy (non-hydrogen) atoms. The first-order valence-corrected chi connectivity index (χ1v) is 5.31. The molecule has 0 bridgehead atoms. The maximum absolute atomic E-state index is 11.6. The van der Waals surface area contributed by atoms with Crippen molar-refractivity contribution in [3.8, 4) is 5.75 Å². The third kappa shape index (κ3) is 2.63. The van der Waals surface area contributed by atoms with Gasteiger partial charge >= 0.3 is 0 Å². The monoisotopic (exact) mass is 225 g/mol. The fraction of sp³-hybridized carbons (Fsp3) is 0.364. The van der Waals surface area contributed by atoms with Crippen LogP contribution in [0.2, 0.25) is 5.02 Å². The van der Waals surface area contributed by atoms with Crippen LogP contribution >= 0.6 is 11.6 Å². The number of benzene rings is 1. The van der Waals surface area contributed by atoms with Crippen molar-refractivity contribution in [1.29, 1.82) is 0 Å². The lowest BCUT2D eigenvalue weighted by Gasteiger charge is -2.05. The Morgan fingerprint density at radius 3 is 2.87 bits per heavy atom. The first-order valence-electron chi connectivity index (χ1n) is 4.93.